The Balaban J connectivity index is 2.28. The van der Waals surface area contributed by atoms with Gasteiger partial charge in [-0.25, -0.2) is 10.8 Å². The fourth-order valence-electron chi connectivity index (χ4n) is 2.43. The van der Waals surface area contributed by atoms with Gasteiger partial charge in [0, 0.05) is 18.8 Å². The molecule has 17 heavy (non-hydrogen) atoms. The molecular weight excluding hydrogens is 282 g/mol. The summed E-state index contributed by atoms with van der Waals surface area (Å²) in [5.74, 6) is 6.75. The Bertz CT molecular complexity index is 378. The van der Waals surface area contributed by atoms with Crippen molar-refractivity contribution in [3.63, 3.8) is 0 Å². The van der Waals surface area contributed by atoms with Crippen LogP contribution in [0.1, 0.15) is 32.6 Å². The molecule has 0 atom stereocenters. The van der Waals surface area contributed by atoms with E-state index in [1.165, 1.54) is 25.7 Å². The molecule has 1 aliphatic rings. The van der Waals surface area contributed by atoms with E-state index in [1.54, 1.807) is 6.20 Å². The van der Waals surface area contributed by atoms with Crippen LogP contribution in [0.4, 0.5) is 11.8 Å². The molecule has 0 aliphatic heterocycles. The van der Waals surface area contributed by atoms with E-state index in [0.717, 1.165) is 16.8 Å². The molecule has 0 aromatic carbocycles. The lowest BCUT2D eigenvalue weighted by Crippen LogP contribution is -2.34. The van der Waals surface area contributed by atoms with Crippen LogP contribution in [-0.2, 0) is 0 Å². The SMILES string of the molecule is CCN(c1nc(NN)ncc1Br)C1CCCC1. The second kappa shape index (κ2) is 5.64. The van der Waals surface area contributed by atoms with Crippen molar-refractivity contribution in [2.75, 3.05) is 16.9 Å². The number of hydrogen-bond acceptors (Lipinski definition) is 5. The van der Waals surface area contributed by atoms with Gasteiger partial charge in [0.05, 0.1) is 4.47 Å². The van der Waals surface area contributed by atoms with Crippen molar-refractivity contribution in [3.05, 3.63) is 10.7 Å². The highest BCUT2D eigenvalue weighted by Crippen LogP contribution is 2.31. The van der Waals surface area contributed by atoms with Gasteiger partial charge < -0.3 is 4.90 Å². The van der Waals surface area contributed by atoms with Gasteiger partial charge in [0.1, 0.15) is 5.82 Å². The Morgan fingerprint density at radius 3 is 2.82 bits per heavy atom. The van der Waals surface area contributed by atoms with E-state index >= 15 is 0 Å². The van der Waals surface area contributed by atoms with E-state index < -0.39 is 0 Å². The van der Waals surface area contributed by atoms with Gasteiger partial charge in [-0.15, -0.1) is 0 Å². The lowest BCUT2D eigenvalue weighted by atomic mass is 10.2. The first-order chi connectivity index (χ1) is 8.26. The molecule has 0 radical (unpaired) electrons. The third-order valence-electron chi connectivity index (χ3n) is 3.23. The summed E-state index contributed by atoms with van der Waals surface area (Å²) in [4.78, 5) is 10.9. The smallest absolute Gasteiger partial charge is 0.239 e. The monoisotopic (exact) mass is 299 g/mol. The van der Waals surface area contributed by atoms with Gasteiger partial charge in [-0.3, -0.25) is 5.43 Å². The topological polar surface area (TPSA) is 67.1 Å². The number of aromatic nitrogens is 2. The van der Waals surface area contributed by atoms with Crippen molar-refractivity contribution in [1.82, 2.24) is 9.97 Å². The molecule has 1 aliphatic carbocycles. The number of nitrogens with zero attached hydrogens (tertiary/aromatic N) is 3. The normalized spacial score (nSPS) is 16.2. The Hall–Kier alpha value is -0.880. The van der Waals surface area contributed by atoms with E-state index in [1.807, 2.05) is 0 Å². The fourth-order valence-corrected chi connectivity index (χ4v) is 2.84. The number of halogens is 1. The van der Waals surface area contributed by atoms with Crippen molar-refractivity contribution < 1.29 is 0 Å². The van der Waals surface area contributed by atoms with Gasteiger partial charge in [-0.1, -0.05) is 12.8 Å². The molecule has 1 fully saturated rings. The van der Waals surface area contributed by atoms with Crippen molar-refractivity contribution >= 4 is 27.7 Å². The molecule has 1 aromatic rings. The van der Waals surface area contributed by atoms with E-state index in [4.69, 9.17) is 5.84 Å². The minimum atomic E-state index is 0.458. The standard InChI is InChI=1S/C11H18BrN5/c1-2-17(8-5-3-4-6-8)10-9(12)7-14-11(15-10)16-13/h7-8H,2-6,13H2,1H3,(H,14,15,16). The third kappa shape index (κ3) is 2.69. The first-order valence-corrected chi connectivity index (χ1v) is 6.81. The van der Waals surface area contributed by atoms with Crippen LogP contribution < -0.4 is 16.2 Å². The van der Waals surface area contributed by atoms with Crippen LogP contribution in [-0.4, -0.2) is 22.6 Å². The summed E-state index contributed by atoms with van der Waals surface area (Å²) in [6, 6.07) is 0.594. The minimum Gasteiger partial charge on any atom is -0.353 e. The molecule has 6 heteroatoms. The molecule has 0 unspecified atom stereocenters. The van der Waals surface area contributed by atoms with E-state index in [-0.39, 0.29) is 0 Å². The largest absolute Gasteiger partial charge is 0.353 e. The van der Waals surface area contributed by atoms with Gasteiger partial charge in [0.2, 0.25) is 5.95 Å². The average molecular weight is 300 g/mol. The summed E-state index contributed by atoms with van der Waals surface area (Å²) in [6.07, 6.45) is 6.86. The summed E-state index contributed by atoms with van der Waals surface area (Å²) in [7, 11) is 0. The predicted octanol–water partition coefficient (Wildman–Crippen LogP) is 2.29. The number of nitrogen functional groups attached to an aromatic ring is 1. The lowest BCUT2D eigenvalue weighted by molar-refractivity contribution is 0.611. The highest BCUT2D eigenvalue weighted by molar-refractivity contribution is 9.10. The quantitative estimate of drug-likeness (QED) is 0.659. The molecular formula is C11H18BrN5. The number of hydrazine groups is 1. The summed E-state index contributed by atoms with van der Waals surface area (Å²) >= 11 is 3.51. The average Bonchev–Trinajstić information content (AvgIpc) is 2.86. The van der Waals surface area contributed by atoms with E-state index in [2.05, 4.69) is 43.1 Å². The first kappa shape index (κ1) is 12.6. The van der Waals surface area contributed by atoms with Crippen molar-refractivity contribution in [2.45, 2.75) is 38.6 Å². The second-order valence-electron chi connectivity index (χ2n) is 4.23. The maximum absolute atomic E-state index is 5.36. The molecule has 94 valence electrons. The van der Waals surface area contributed by atoms with Crippen LogP contribution in [0.3, 0.4) is 0 Å². The van der Waals surface area contributed by atoms with E-state index in [9.17, 15) is 0 Å². The van der Waals surface area contributed by atoms with Crippen LogP contribution in [0.2, 0.25) is 0 Å². The fraction of sp³-hybridized carbons (Fsp3) is 0.636. The van der Waals surface area contributed by atoms with E-state index in [0.29, 0.717) is 12.0 Å². The Kier molecular flexibility index (Phi) is 4.17. The molecule has 1 saturated carbocycles. The lowest BCUT2D eigenvalue weighted by Gasteiger charge is -2.29. The zero-order valence-electron chi connectivity index (χ0n) is 9.99. The first-order valence-electron chi connectivity index (χ1n) is 6.02. The molecule has 0 amide bonds. The third-order valence-corrected chi connectivity index (χ3v) is 3.79. The van der Waals surface area contributed by atoms with Gasteiger partial charge in [-0.2, -0.15) is 4.98 Å². The molecule has 1 heterocycles. The van der Waals surface area contributed by atoms with Crippen LogP contribution in [0, 0.1) is 0 Å². The number of nitrogens with two attached hydrogens (primary N) is 1. The molecule has 0 bridgehead atoms. The van der Waals surface area contributed by atoms with Gasteiger partial charge in [-0.05, 0) is 35.7 Å². The Labute approximate surface area is 110 Å². The van der Waals surface area contributed by atoms with Crippen LogP contribution in [0.25, 0.3) is 0 Å². The van der Waals surface area contributed by atoms with Crippen LogP contribution in [0.15, 0.2) is 10.7 Å². The Morgan fingerprint density at radius 1 is 1.53 bits per heavy atom. The summed E-state index contributed by atoms with van der Waals surface area (Å²) < 4.78 is 0.922. The molecule has 1 aromatic heterocycles. The molecule has 2 rings (SSSR count). The van der Waals surface area contributed by atoms with Crippen molar-refractivity contribution in [1.29, 1.82) is 0 Å². The number of nitrogens with one attached hydrogen (secondary N) is 1. The molecule has 0 spiro atoms. The van der Waals surface area contributed by atoms with Gasteiger partial charge in [0.15, 0.2) is 0 Å². The Morgan fingerprint density at radius 2 is 2.24 bits per heavy atom. The van der Waals surface area contributed by atoms with Crippen molar-refractivity contribution in [3.8, 4) is 0 Å². The second-order valence-corrected chi connectivity index (χ2v) is 5.09. The zero-order chi connectivity index (χ0) is 12.3. The number of anilines is 2. The maximum atomic E-state index is 5.36. The highest BCUT2D eigenvalue weighted by Gasteiger charge is 2.24. The number of rotatable bonds is 4. The molecule has 5 nitrogen and oxygen atoms in total. The summed E-state index contributed by atoms with van der Waals surface area (Å²) in [5, 5.41) is 0. The predicted molar refractivity (Wildman–Crippen MR) is 72.8 cm³/mol. The zero-order valence-corrected chi connectivity index (χ0v) is 11.6. The minimum absolute atomic E-state index is 0.458. The molecule has 0 saturated heterocycles. The van der Waals surface area contributed by atoms with Gasteiger partial charge >= 0.3 is 0 Å². The van der Waals surface area contributed by atoms with Gasteiger partial charge in [0.25, 0.3) is 0 Å². The summed E-state index contributed by atoms with van der Waals surface area (Å²) in [6.45, 7) is 3.10. The number of hydrogen-bond donors (Lipinski definition) is 2. The maximum Gasteiger partial charge on any atom is 0.239 e. The molecule has 3 N–H and O–H groups in total. The summed E-state index contributed by atoms with van der Waals surface area (Å²) in [5.41, 5.74) is 2.49. The van der Waals surface area contributed by atoms with Crippen LogP contribution >= 0.6 is 15.9 Å². The van der Waals surface area contributed by atoms with Crippen molar-refractivity contribution in [2.24, 2.45) is 5.84 Å². The van der Waals surface area contributed by atoms with Crippen LogP contribution in [0.5, 0.6) is 0 Å². The highest BCUT2D eigenvalue weighted by atomic mass is 79.9.